The largest absolute Gasteiger partial charge is 3.00 e. The van der Waals surface area contributed by atoms with Crippen molar-refractivity contribution >= 4 is 0 Å². The maximum absolute atomic E-state index is 12.0. The Balaban J connectivity index is -0.000000266. The average Bonchev–Trinajstić information content (AvgIpc) is 2.92. The summed E-state index contributed by atoms with van der Waals surface area (Å²) in [5.41, 5.74) is 0. The van der Waals surface area contributed by atoms with Crippen LogP contribution < -0.4 is 24.8 Å². The van der Waals surface area contributed by atoms with Crippen LogP contribution in [-0.2, 0) is 21.7 Å². The SMILES string of the molecule is FC1=CCC=C1.FC1=C[C-](F)CC(F)=C1.[Cl-].[Cl-].[Ti+3].c1ccncc1. The summed E-state index contributed by atoms with van der Waals surface area (Å²) >= 11 is 0. The van der Waals surface area contributed by atoms with Gasteiger partial charge in [-0.3, -0.25) is 4.98 Å². The molecule has 0 unspecified atom stereocenters. The van der Waals surface area contributed by atoms with Gasteiger partial charge in [0.2, 0.25) is 0 Å². The van der Waals surface area contributed by atoms with Crippen LogP contribution in [0.15, 0.2) is 78.5 Å². The fourth-order valence-corrected chi connectivity index (χ4v) is 1.35. The molecule has 1 aromatic rings. The van der Waals surface area contributed by atoms with E-state index in [-0.39, 0.29) is 52.4 Å². The molecule has 0 N–H and O–H groups in total. The Labute approximate surface area is 166 Å². The number of nitrogens with zero attached hydrogens (tertiary/aromatic N) is 1. The third-order valence-corrected chi connectivity index (χ3v) is 2.22. The average molecular weight is 415 g/mol. The third kappa shape index (κ3) is 14.6. The molecule has 0 fully saturated rings. The van der Waals surface area contributed by atoms with Gasteiger partial charge in [-0.25, -0.2) is 8.78 Å². The van der Waals surface area contributed by atoms with E-state index in [0.717, 1.165) is 6.42 Å². The molecule has 0 aromatic carbocycles. The summed E-state index contributed by atoms with van der Waals surface area (Å²) in [4.78, 5) is 3.78. The Hall–Kier alpha value is -1.01. The van der Waals surface area contributed by atoms with E-state index < -0.39 is 24.2 Å². The quantitative estimate of drug-likeness (QED) is 0.316. The van der Waals surface area contributed by atoms with Crippen LogP contribution >= 0.6 is 0 Å². The molecule has 1 nitrogen and oxygen atoms in total. The number of hydrogen-bond donors (Lipinski definition) is 0. The molecule has 2 aliphatic carbocycles. The van der Waals surface area contributed by atoms with Gasteiger partial charge < -0.3 is 33.6 Å². The van der Waals surface area contributed by atoms with Crippen molar-refractivity contribution in [1.82, 2.24) is 4.98 Å². The molecule has 0 saturated heterocycles. The summed E-state index contributed by atoms with van der Waals surface area (Å²) in [5.74, 6) is -1.74. The zero-order valence-electron chi connectivity index (χ0n) is 12.4. The second-order valence-electron chi connectivity index (χ2n) is 4.00. The van der Waals surface area contributed by atoms with Gasteiger partial charge in [0, 0.05) is 12.4 Å². The summed E-state index contributed by atoms with van der Waals surface area (Å²) in [7, 11) is 0. The number of hydrogen-bond acceptors (Lipinski definition) is 1. The Morgan fingerprint density at radius 2 is 1.58 bits per heavy atom. The Bertz CT molecular complexity index is 519. The minimum Gasteiger partial charge on any atom is -1.00 e. The van der Waals surface area contributed by atoms with Gasteiger partial charge in [0.1, 0.15) is 5.83 Å². The van der Waals surface area contributed by atoms with E-state index >= 15 is 0 Å². The van der Waals surface area contributed by atoms with Crippen molar-refractivity contribution in [2.24, 2.45) is 0 Å². The predicted octanol–water partition coefficient (Wildman–Crippen LogP) is -0.515. The zero-order valence-corrected chi connectivity index (χ0v) is 15.5. The van der Waals surface area contributed by atoms with Crippen molar-refractivity contribution in [2.45, 2.75) is 12.8 Å². The predicted molar refractivity (Wildman–Crippen MR) is 74.5 cm³/mol. The van der Waals surface area contributed by atoms with Crippen LogP contribution in [0.1, 0.15) is 12.8 Å². The van der Waals surface area contributed by atoms with Crippen molar-refractivity contribution < 1.29 is 64.1 Å². The molecule has 129 valence electrons. The van der Waals surface area contributed by atoms with E-state index in [1.807, 2.05) is 18.2 Å². The minimum absolute atomic E-state index is 0. The van der Waals surface area contributed by atoms with Crippen LogP contribution in [0, 0.1) is 6.17 Å². The fourth-order valence-electron chi connectivity index (χ4n) is 1.35. The number of allylic oxidation sites excluding steroid dienone is 8. The first-order chi connectivity index (χ1) is 10.1. The van der Waals surface area contributed by atoms with Crippen LogP contribution in [0.4, 0.5) is 17.6 Å². The summed E-state index contributed by atoms with van der Waals surface area (Å²) in [6, 6.07) is 5.72. The molecular formula is C16H14Cl2F4NTi. The smallest absolute Gasteiger partial charge is 1.00 e. The molecule has 1 heterocycles. The van der Waals surface area contributed by atoms with Gasteiger partial charge in [0.15, 0.2) is 0 Å². The molecule has 0 spiro atoms. The summed E-state index contributed by atoms with van der Waals surface area (Å²) in [6.07, 6.45) is 9.23. The summed E-state index contributed by atoms with van der Waals surface area (Å²) in [5, 5.41) is 0. The monoisotopic (exact) mass is 414 g/mol. The maximum Gasteiger partial charge on any atom is 3.00 e. The molecule has 24 heavy (non-hydrogen) atoms. The van der Waals surface area contributed by atoms with Crippen LogP contribution in [0.25, 0.3) is 0 Å². The molecular weight excluding hydrogens is 401 g/mol. The maximum atomic E-state index is 12.0. The van der Waals surface area contributed by atoms with Gasteiger partial charge >= 0.3 is 21.7 Å². The fraction of sp³-hybridized carbons (Fsp3) is 0.125. The number of halogens is 6. The van der Waals surface area contributed by atoms with Crippen molar-refractivity contribution in [2.75, 3.05) is 0 Å². The van der Waals surface area contributed by atoms with E-state index in [4.69, 9.17) is 0 Å². The zero-order chi connectivity index (χ0) is 15.5. The van der Waals surface area contributed by atoms with E-state index in [2.05, 4.69) is 4.98 Å². The van der Waals surface area contributed by atoms with Crippen molar-refractivity contribution in [3.63, 3.8) is 0 Å². The Morgan fingerprint density at radius 1 is 0.958 bits per heavy atom. The van der Waals surface area contributed by atoms with E-state index in [9.17, 15) is 17.6 Å². The Morgan fingerprint density at radius 3 is 1.83 bits per heavy atom. The number of aromatic nitrogens is 1. The van der Waals surface area contributed by atoms with Crippen molar-refractivity contribution in [3.05, 3.63) is 84.6 Å². The molecule has 1 radical (unpaired) electrons. The molecule has 2 aliphatic rings. The first kappa shape index (κ1) is 27.8. The van der Waals surface area contributed by atoms with Gasteiger partial charge in [-0.1, -0.05) is 18.2 Å². The van der Waals surface area contributed by atoms with Crippen LogP contribution in [0.5, 0.6) is 0 Å². The van der Waals surface area contributed by atoms with Crippen LogP contribution in [0.2, 0.25) is 0 Å². The van der Waals surface area contributed by atoms with Gasteiger partial charge in [0.05, 0.1) is 5.83 Å². The summed E-state index contributed by atoms with van der Waals surface area (Å²) in [6.45, 7) is 0. The van der Waals surface area contributed by atoms with Crippen LogP contribution in [-0.4, -0.2) is 4.98 Å². The van der Waals surface area contributed by atoms with Gasteiger partial charge in [0.25, 0.3) is 0 Å². The molecule has 8 heteroatoms. The standard InChI is InChI=1S/C6H4F3.C5H5F.C5H5N.2ClH.Ti/c7-4-1-5(8)3-6(9)2-4;6-5-3-1-2-4-5;1-2-4-6-5-3-1;;;/h1-2H,3H2;1,3-4H,2H2;1-5H;2*1H;/q-1;;;;;+3/p-2. The second-order valence-corrected chi connectivity index (χ2v) is 4.00. The van der Waals surface area contributed by atoms with E-state index in [1.165, 1.54) is 6.08 Å². The molecule has 0 atom stereocenters. The normalized spacial score (nSPS) is 13.8. The van der Waals surface area contributed by atoms with Crippen molar-refractivity contribution in [3.8, 4) is 0 Å². The summed E-state index contributed by atoms with van der Waals surface area (Å²) < 4.78 is 47.7. The molecule has 0 bridgehead atoms. The third-order valence-electron chi connectivity index (χ3n) is 2.22. The molecule has 0 saturated carbocycles. The molecule has 0 amide bonds. The molecule has 1 aromatic heterocycles. The number of rotatable bonds is 0. The van der Waals surface area contributed by atoms with Crippen molar-refractivity contribution in [1.29, 1.82) is 0 Å². The first-order valence-electron chi connectivity index (χ1n) is 6.19. The van der Waals surface area contributed by atoms with Gasteiger partial charge in [-0.15, -0.1) is 0 Å². The molecule has 0 aliphatic heterocycles. The Kier molecular flexibility index (Phi) is 19.5. The van der Waals surface area contributed by atoms with E-state index in [1.54, 1.807) is 24.5 Å². The van der Waals surface area contributed by atoms with E-state index in [0.29, 0.717) is 12.2 Å². The van der Waals surface area contributed by atoms with Gasteiger partial charge in [-0.2, -0.15) is 6.08 Å². The molecule has 3 rings (SSSR count). The number of pyridine rings is 1. The van der Waals surface area contributed by atoms with Gasteiger partial charge in [-0.05, 0) is 49.1 Å². The second kappa shape index (κ2) is 16.8. The first-order valence-corrected chi connectivity index (χ1v) is 6.19. The topological polar surface area (TPSA) is 12.9 Å². The minimum atomic E-state index is -0.865. The van der Waals surface area contributed by atoms with Crippen LogP contribution in [0.3, 0.4) is 0 Å².